The number of nitrogens with zero attached hydrogens (tertiary/aromatic N) is 1. The van der Waals surface area contributed by atoms with Crippen LogP contribution in [0.5, 0.6) is 0 Å². The first-order valence-electron chi connectivity index (χ1n) is 2.52. The van der Waals surface area contributed by atoms with E-state index in [1.54, 1.807) is 0 Å². The SMILES string of the molecule is [O-]N1CCNCC1. The highest BCUT2D eigenvalue weighted by atomic mass is 16.5. The van der Waals surface area contributed by atoms with Crippen molar-refractivity contribution in [3.05, 3.63) is 5.21 Å². The van der Waals surface area contributed by atoms with Crippen molar-refractivity contribution >= 4 is 0 Å². The Bertz CT molecular complexity index is 51.7. The topological polar surface area (TPSA) is 38.3 Å². The predicted molar refractivity (Wildman–Crippen MR) is 27.8 cm³/mol. The lowest BCUT2D eigenvalue weighted by atomic mass is 10.4. The third-order valence-corrected chi connectivity index (χ3v) is 1.08. The summed E-state index contributed by atoms with van der Waals surface area (Å²) in [5.74, 6) is 0. The molecule has 1 N–H and O–H groups in total. The molecular weight excluding hydrogens is 92.1 g/mol. The molecule has 0 aliphatic carbocycles. The van der Waals surface area contributed by atoms with Gasteiger partial charge in [0.15, 0.2) is 0 Å². The summed E-state index contributed by atoms with van der Waals surface area (Å²) in [5.41, 5.74) is 0. The molecule has 0 aromatic rings. The third kappa shape index (κ3) is 1.43. The molecule has 1 aliphatic rings. The summed E-state index contributed by atoms with van der Waals surface area (Å²) in [6, 6.07) is 0. The van der Waals surface area contributed by atoms with E-state index in [9.17, 15) is 5.21 Å². The molecule has 42 valence electrons. The quantitative estimate of drug-likeness (QED) is 0.442. The fourth-order valence-corrected chi connectivity index (χ4v) is 0.644. The molecule has 0 radical (unpaired) electrons. The molecule has 0 atom stereocenters. The van der Waals surface area contributed by atoms with E-state index in [0.717, 1.165) is 18.2 Å². The Morgan fingerprint density at radius 1 is 1.29 bits per heavy atom. The number of piperazine rings is 1. The number of rotatable bonds is 0. The van der Waals surface area contributed by atoms with Crippen molar-refractivity contribution in [1.82, 2.24) is 10.4 Å². The van der Waals surface area contributed by atoms with Crippen LogP contribution < -0.4 is 5.32 Å². The van der Waals surface area contributed by atoms with Crippen LogP contribution in [0.2, 0.25) is 0 Å². The Hall–Kier alpha value is -0.120. The molecule has 1 saturated heterocycles. The molecule has 0 aromatic heterocycles. The molecule has 3 heteroatoms. The Morgan fingerprint density at radius 3 is 2.14 bits per heavy atom. The van der Waals surface area contributed by atoms with Crippen LogP contribution in [0.1, 0.15) is 0 Å². The minimum Gasteiger partial charge on any atom is -0.785 e. The minimum atomic E-state index is 0.653. The van der Waals surface area contributed by atoms with E-state index >= 15 is 0 Å². The Balaban J connectivity index is 2.12. The number of hydroxylamine groups is 2. The van der Waals surface area contributed by atoms with Gasteiger partial charge in [-0.05, 0) is 13.1 Å². The molecule has 1 heterocycles. The van der Waals surface area contributed by atoms with E-state index in [1.165, 1.54) is 0 Å². The molecule has 1 aliphatic heterocycles. The first-order chi connectivity index (χ1) is 3.39. The second kappa shape index (κ2) is 2.26. The molecule has 0 bridgehead atoms. The Labute approximate surface area is 42.9 Å². The highest BCUT2D eigenvalue weighted by Gasteiger charge is 1.96. The van der Waals surface area contributed by atoms with Crippen molar-refractivity contribution in [2.24, 2.45) is 0 Å². The molecule has 7 heavy (non-hydrogen) atoms. The normalized spacial score (nSPS) is 25.3. The van der Waals surface area contributed by atoms with E-state index in [-0.39, 0.29) is 0 Å². The van der Waals surface area contributed by atoms with Crippen molar-refractivity contribution in [3.63, 3.8) is 0 Å². The van der Waals surface area contributed by atoms with Crippen LogP contribution >= 0.6 is 0 Å². The van der Waals surface area contributed by atoms with Crippen molar-refractivity contribution in [1.29, 1.82) is 0 Å². The van der Waals surface area contributed by atoms with Crippen LogP contribution in [0.15, 0.2) is 0 Å². The van der Waals surface area contributed by atoms with E-state index in [4.69, 9.17) is 0 Å². The maximum Gasteiger partial charge on any atom is 0.00704 e. The molecule has 0 unspecified atom stereocenters. The molecule has 0 saturated carbocycles. The van der Waals surface area contributed by atoms with Gasteiger partial charge in [-0.15, -0.1) is 0 Å². The van der Waals surface area contributed by atoms with E-state index < -0.39 is 0 Å². The lowest BCUT2D eigenvalue weighted by molar-refractivity contribution is 0.325. The predicted octanol–water partition coefficient (Wildman–Crippen LogP) is -0.611. The van der Waals surface area contributed by atoms with Crippen LogP contribution in [0.25, 0.3) is 0 Å². The summed E-state index contributed by atoms with van der Waals surface area (Å²) in [4.78, 5) is 0. The van der Waals surface area contributed by atoms with Gasteiger partial charge in [0, 0.05) is 13.1 Å². The molecule has 0 aromatic carbocycles. The number of hydrogen-bond acceptors (Lipinski definition) is 3. The molecule has 0 spiro atoms. The summed E-state index contributed by atoms with van der Waals surface area (Å²) in [5, 5.41) is 14.5. The standard InChI is InChI=1S/C4H9N2O/c7-6-3-1-5-2-4-6/h5H,1-4H2/q-1. The van der Waals surface area contributed by atoms with Gasteiger partial charge in [-0.1, -0.05) is 0 Å². The van der Waals surface area contributed by atoms with Gasteiger partial charge in [-0.25, -0.2) is 0 Å². The fraction of sp³-hybridized carbons (Fsp3) is 1.00. The van der Waals surface area contributed by atoms with E-state index in [1.807, 2.05) is 0 Å². The first-order valence-corrected chi connectivity index (χ1v) is 2.52. The van der Waals surface area contributed by atoms with Gasteiger partial charge in [0.1, 0.15) is 0 Å². The second-order valence-electron chi connectivity index (χ2n) is 1.68. The van der Waals surface area contributed by atoms with E-state index in [2.05, 4.69) is 5.32 Å². The highest BCUT2D eigenvalue weighted by Crippen LogP contribution is 1.84. The van der Waals surface area contributed by atoms with Gasteiger partial charge in [0.25, 0.3) is 0 Å². The Kier molecular flexibility index (Phi) is 1.62. The second-order valence-corrected chi connectivity index (χ2v) is 1.68. The summed E-state index contributed by atoms with van der Waals surface area (Å²) in [6.07, 6.45) is 0. The van der Waals surface area contributed by atoms with Crippen molar-refractivity contribution in [2.45, 2.75) is 0 Å². The van der Waals surface area contributed by atoms with Crippen LogP contribution in [0.4, 0.5) is 0 Å². The zero-order valence-corrected chi connectivity index (χ0v) is 4.18. The average Bonchev–Trinajstić information content (AvgIpc) is 1.69. The molecule has 3 nitrogen and oxygen atoms in total. The zero-order valence-electron chi connectivity index (χ0n) is 4.18. The maximum absolute atomic E-state index is 10.3. The fourth-order valence-electron chi connectivity index (χ4n) is 0.644. The molecular formula is C4H9N2O-. The van der Waals surface area contributed by atoms with E-state index in [0.29, 0.717) is 13.1 Å². The molecule has 1 fully saturated rings. The van der Waals surface area contributed by atoms with Crippen molar-refractivity contribution in [2.75, 3.05) is 26.2 Å². The number of nitrogens with one attached hydrogen (secondary N) is 1. The molecule has 1 rings (SSSR count). The van der Waals surface area contributed by atoms with Gasteiger partial charge < -0.3 is 15.6 Å². The van der Waals surface area contributed by atoms with Gasteiger partial charge in [0.05, 0.1) is 0 Å². The van der Waals surface area contributed by atoms with Gasteiger partial charge in [-0.2, -0.15) is 0 Å². The van der Waals surface area contributed by atoms with Crippen molar-refractivity contribution < 1.29 is 0 Å². The van der Waals surface area contributed by atoms with Crippen LogP contribution in [0, 0.1) is 5.21 Å². The van der Waals surface area contributed by atoms with Gasteiger partial charge in [-0.3, -0.25) is 0 Å². The number of hydrogen-bond donors (Lipinski definition) is 1. The monoisotopic (exact) mass is 101 g/mol. The van der Waals surface area contributed by atoms with Crippen LogP contribution in [0.3, 0.4) is 0 Å². The summed E-state index contributed by atoms with van der Waals surface area (Å²) < 4.78 is 0. The lowest BCUT2D eigenvalue weighted by Crippen LogP contribution is -2.40. The average molecular weight is 101 g/mol. The smallest absolute Gasteiger partial charge is 0.00704 e. The summed E-state index contributed by atoms with van der Waals surface area (Å²) in [7, 11) is 0. The van der Waals surface area contributed by atoms with Crippen LogP contribution in [-0.2, 0) is 0 Å². The van der Waals surface area contributed by atoms with Gasteiger partial charge in [0.2, 0.25) is 0 Å². The van der Waals surface area contributed by atoms with Crippen molar-refractivity contribution in [3.8, 4) is 0 Å². The zero-order chi connectivity index (χ0) is 5.11. The summed E-state index contributed by atoms with van der Waals surface area (Å²) in [6.45, 7) is 3.01. The summed E-state index contributed by atoms with van der Waals surface area (Å²) >= 11 is 0. The first kappa shape index (κ1) is 5.03. The third-order valence-electron chi connectivity index (χ3n) is 1.08. The largest absolute Gasteiger partial charge is 0.785 e. The lowest BCUT2D eigenvalue weighted by Gasteiger charge is -2.32. The minimum absolute atomic E-state index is 0.653. The highest BCUT2D eigenvalue weighted by molar-refractivity contribution is 4.66. The Morgan fingerprint density at radius 2 is 1.86 bits per heavy atom. The van der Waals surface area contributed by atoms with Crippen LogP contribution in [-0.4, -0.2) is 31.2 Å². The van der Waals surface area contributed by atoms with Gasteiger partial charge >= 0.3 is 0 Å². The molecule has 0 amide bonds. The maximum atomic E-state index is 10.3.